The highest BCUT2D eigenvalue weighted by atomic mass is 19.1. The van der Waals surface area contributed by atoms with Gasteiger partial charge in [-0.1, -0.05) is 5.16 Å². The topological polar surface area (TPSA) is 87.9 Å². The van der Waals surface area contributed by atoms with Crippen LogP contribution in [0.3, 0.4) is 0 Å². The number of carbonyl (C=O) groups is 1. The van der Waals surface area contributed by atoms with Gasteiger partial charge < -0.3 is 9.42 Å². The number of carbonyl (C=O) groups excluding carboxylic acids is 1. The van der Waals surface area contributed by atoms with Crippen LogP contribution in [0.25, 0.3) is 22.3 Å². The Hall–Kier alpha value is -3.62. The number of halogens is 2. The van der Waals surface area contributed by atoms with Crippen LogP contribution in [0, 0.1) is 11.6 Å². The molecule has 0 radical (unpaired) electrons. The summed E-state index contributed by atoms with van der Waals surface area (Å²) in [5.41, 5.74) is 1.73. The van der Waals surface area contributed by atoms with Crippen LogP contribution in [-0.2, 0) is 4.79 Å². The molecule has 0 aliphatic carbocycles. The number of benzene rings is 2. The van der Waals surface area contributed by atoms with Crippen molar-refractivity contribution in [2.45, 2.75) is 25.2 Å². The predicted octanol–water partition coefficient (Wildman–Crippen LogP) is 4.19. The molecule has 0 saturated carbocycles. The van der Waals surface area contributed by atoms with Gasteiger partial charge in [0, 0.05) is 30.1 Å². The maximum Gasteiger partial charge on any atom is 0.230 e. The lowest BCUT2D eigenvalue weighted by Gasteiger charge is -2.20. The van der Waals surface area contributed by atoms with E-state index in [-0.39, 0.29) is 29.9 Å². The highest BCUT2D eigenvalue weighted by Crippen LogP contribution is 2.32. The molecule has 1 N–H and O–H groups in total. The van der Waals surface area contributed by atoms with E-state index in [1.165, 1.54) is 24.4 Å². The van der Waals surface area contributed by atoms with E-state index in [1.807, 2.05) is 0 Å². The second-order valence-corrected chi connectivity index (χ2v) is 7.27. The summed E-state index contributed by atoms with van der Waals surface area (Å²) in [6, 6.07) is 8.78. The van der Waals surface area contributed by atoms with E-state index >= 15 is 0 Å². The molecule has 2 aromatic carbocycles. The molecule has 2 aromatic heterocycles. The van der Waals surface area contributed by atoms with Crippen LogP contribution in [0.5, 0.6) is 0 Å². The van der Waals surface area contributed by atoms with Crippen molar-refractivity contribution in [2.24, 2.45) is 0 Å². The van der Waals surface area contributed by atoms with Crippen molar-refractivity contribution in [3.8, 4) is 11.4 Å². The van der Waals surface area contributed by atoms with E-state index in [2.05, 4.69) is 20.3 Å². The second kappa shape index (κ2) is 7.33. The molecule has 1 aliphatic heterocycles. The van der Waals surface area contributed by atoms with E-state index in [0.29, 0.717) is 46.8 Å². The summed E-state index contributed by atoms with van der Waals surface area (Å²) < 4.78 is 32.6. The normalized spacial score (nSPS) is 17.5. The Morgan fingerprint density at radius 2 is 1.97 bits per heavy atom. The lowest BCUT2D eigenvalue weighted by molar-refractivity contribution is -0.118. The number of aromatic amines is 1. The highest BCUT2D eigenvalue weighted by molar-refractivity contribution is 5.94. The zero-order valence-electron chi connectivity index (χ0n) is 15.8. The van der Waals surface area contributed by atoms with Crippen molar-refractivity contribution < 1.29 is 18.1 Å². The van der Waals surface area contributed by atoms with Gasteiger partial charge >= 0.3 is 0 Å². The number of H-pyrrole nitrogens is 1. The average molecular weight is 409 g/mol. The Morgan fingerprint density at radius 3 is 2.80 bits per heavy atom. The van der Waals surface area contributed by atoms with Gasteiger partial charge in [-0.3, -0.25) is 9.89 Å². The van der Waals surface area contributed by atoms with Gasteiger partial charge in [0.05, 0.1) is 17.1 Å². The third-order valence-electron chi connectivity index (χ3n) is 5.39. The minimum absolute atomic E-state index is 0.0819. The van der Waals surface area contributed by atoms with Crippen molar-refractivity contribution in [3.05, 3.63) is 60.1 Å². The molecule has 1 unspecified atom stereocenters. The Morgan fingerprint density at radius 1 is 1.13 bits per heavy atom. The number of hydrogen-bond acceptors (Lipinski definition) is 5. The molecule has 1 fully saturated rings. The summed E-state index contributed by atoms with van der Waals surface area (Å²) in [5.74, 6) is -0.350. The third kappa shape index (κ3) is 3.22. The summed E-state index contributed by atoms with van der Waals surface area (Å²) in [7, 11) is 0. The zero-order valence-corrected chi connectivity index (χ0v) is 15.8. The molecule has 1 saturated heterocycles. The van der Waals surface area contributed by atoms with E-state index in [9.17, 15) is 13.6 Å². The van der Waals surface area contributed by atoms with Crippen LogP contribution < -0.4 is 4.90 Å². The standard InChI is InChI=1S/C21H17F2N5O2/c22-13-3-5-14(6-4-13)28-9-1-2-12(10-18(28)29)21-25-20(27-30-21)15-7-8-17(23)16-11-24-26-19(15)16/h3-8,11-12H,1-2,9-10H2,(H,24,26). The van der Waals surface area contributed by atoms with E-state index in [0.717, 1.165) is 6.42 Å². The van der Waals surface area contributed by atoms with E-state index in [4.69, 9.17) is 4.52 Å². The number of anilines is 1. The molecule has 1 amide bonds. The SMILES string of the molecule is O=C1CC(c2nc(-c3ccc(F)c4cn[nH]c34)no2)CCCN1c1ccc(F)cc1. The van der Waals surface area contributed by atoms with Crippen LogP contribution in [0.15, 0.2) is 47.1 Å². The van der Waals surface area contributed by atoms with Crippen molar-refractivity contribution in [2.75, 3.05) is 11.4 Å². The Bertz CT molecular complexity index is 1220. The molecule has 0 bridgehead atoms. The predicted molar refractivity (Wildman–Crippen MR) is 105 cm³/mol. The van der Waals surface area contributed by atoms with Gasteiger partial charge in [0.25, 0.3) is 0 Å². The summed E-state index contributed by atoms with van der Waals surface area (Å²) >= 11 is 0. The quantitative estimate of drug-likeness (QED) is 0.548. The number of aromatic nitrogens is 4. The molecule has 152 valence electrons. The first-order chi connectivity index (χ1) is 14.6. The molecule has 9 heteroatoms. The van der Waals surface area contributed by atoms with Crippen LogP contribution in [0.1, 0.15) is 31.1 Å². The lowest BCUT2D eigenvalue weighted by atomic mass is 10.0. The fourth-order valence-electron chi connectivity index (χ4n) is 3.85. The van der Waals surface area contributed by atoms with Gasteiger partial charge in [-0.25, -0.2) is 8.78 Å². The number of hydrogen-bond donors (Lipinski definition) is 1. The maximum absolute atomic E-state index is 13.9. The number of fused-ring (bicyclic) bond motifs is 1. The zero-order chi connectivity index (χ0) is 20.7. The van der Waals surface area contributed by atoms with Crippen molar-refractivity contribution >= 4 is 22.5 Å². The fraction of sp³-hybridized carbons (Fsp3) is 0.238. The first-order valence-electron chi connectivity index (χ1n) is 9.61. The Balaban J connectivity index is 1.40. The van der Waals surface area contributed by atoms with Crippen LogP contribution in [-0.4, -0.2) is 32.8 Å². The minimum atomic E-state index is -0.388. The number of nitrogens with zero attached hydrogens (tertiary/aromatic N) is 4. The number of amides is 1. The monoisotopic (exact) mass is 409 g/mol. The molecule has 0 spiro atoms. The first kappa shape index (κ1) is 18.4. The minimum Gasteiger partial charge on any atom is -0.339 e. The molecule has 5 rings (SSSR count). The third-order valence-corrected chi connectivity index (χ3v) is 5.39. The van der Waals surface area contributed by atoms with Crippen molar-refractivity contribution in [3.63, 3.8) is 0 Å². The highest BCUT2D eigenvalue weighted by Gasteiger charge is 2.29. The molecule has 3 heterocycles. The van der Waals surface area contributed by atoms with Gasteiger partial charge in [0.2, 0.25) is 17.6 Å². The van der Waals surface area contributed by atoms with Gasteiger partial charge in [-0.15, -0.1) is 0 Å². The smallest absolute Gasteiger partial charge is 0.230 e. The molecular weight excluding hydrogens is 392 g/mol. The molecule has 30 heavy (non-hydrogen) atoms. The van der Waals surface area contributed by atoms with E-state index in [1.54, 1.807) is 23.1 Å². The van der Waals surface area contributed by atoms with Gasteiger partial charge in [-0.05, 0) is 49.2 Å². The molecular formula is C21H17F2N5O2. The fourth-order valence-corrected chi connectivity index (χ4v) is 3.85. The largest absolute Gasteiger partial charge is 0.339 e. The summed E-state index contributed by atoms with van der Waals surface area (Å²) in [6.45, 7) is 0.536. The van der Waals surface area contributed by atoms with Gasteiger partial charge in [0.15, 0.2) is 0 Å². The van der Waals surface area contributed by atoms with Gasteiger partial charge in [0.1, 0.15) is 11.6 Å². The second-order valence-electron chi connectivity index (χ2n) is 7.27. The van der Waals surface area contributed by atoms with Gasteiger partial charge in [-0.2, -0.15) is 10.1 Å². The summed E-state index contributed by atoms with van der Waals surface area (Å²) in [4.78, 5) is 19.0. The Labute approximate surface area is 169 Å². The summed E-state index contributed by atoms with van der Waals surface area (Å²) in [6.07, 6.45) is 3.06. The summed E-state index contributed by atoms with van der Waals surface area (Å²) in [5, 5.41) is 11.0. The van der Waals surface area contributed by atoms with Crippen molar-refractivity contribution in [1.82, 2.24) is 20.3 Å². The van der Waals surface area contributed by atoms with E-state index < -0.39 is 0 Å². The molecule has 7 nitrogen and oxygen atoms in total. The molecule has 4 aromatic rings. The van der Waals surface area contributed by atoms with Crippen LogP contribution in [0.2, 0.25) is 0 Å². The number of nitrogens with one attached hydrogen (secondary N) is 1. The molecule has 1 aliphatic rings. The average Bonchev–Trinajstić information content (AvgIpc) is 3.38. The number of rotatable bonds is 3. The Kier molecular flexibility index (Phi) is 4.50. The van der Waals surface area contributed by atoms with Crippen LogP contribution >= 0.6 is 0 Å². The maximum atomic E-state index is 13.9. The lowest BCUT2D eigenvalue weighted by Crippen LogP contribution is -2.30. The first-order valence-corrected chi connectivity index (χ1v) is 9.61. The van der Waals surface area contributed by atoms with Crippen molar-refractivity contribution in [1.29, 1.82) is 0 Å². The van der Waals surface area contributed by atoms with Crippen LogP contribution in [0.4, 0.5) is 14.5 Å². The molecule has 1 atom stereocenters.